The molecule has 88 valence electrons. The van der Waals surface area contributed by atoms with Crippen molar-refractivity contribution in [1.82, 2.24) is 15.8 Å². The van der Waals surface area contributed by atoms with Gasteiger partial charge in [0, 0.05) is 25.2 Å². The van der Waals surface area contributed by atoms with E-state index in [4.69, 9.17) is 4.52 Å². The number of guanidine groups is 1. The quantitative estimate of drug-likeness (QED) is 0.594. The van der Waals surface area contributed by atoms with Crippen molar-refractivity contribution >= 4 is 5.96 Å². The molecule has 0 atom stereocenters. The van der Waals surface area contributed by atoms with Crippen LogP contribution in [0, 0.1) is 13.8 Å². The largest absolute Gasteiger partial charge is 0.361 e. The first-order valence-corrected chi connectivity index (χ1v) is 5.59. The Balaban J connectivity index is 1.90. The van der Waals surface area contributed by atoms with E-state index < -0.39 is 0 Å². The summed E-state index contributed by atoms with van der Waals surface area (Å²) in [5, 5.41) is 10.5. The van der Waals surface area contributed by atoms with E-state index in [1.807, 2.05) is 13.8 Å². The average Bonchev–Trinajstić information content (AvgIpc) is 3.03. The minimum Gasteiger partial charge on any atom is -0.361 e. The second-order valence-corrected chi connectivity index (χ2v) is 4.15. The second kappa shape index (κ2) is 4.55. The van der Waals surface area contributed by atoms with Gasteiger partial charge in [0.1, 0.15) is 5.76 Å². The maximum absolute atomic E-state index is 5.10. The number of hydrogen-bond acceptors (Lipinski definition) is 3. The summed E-state index contributed by atoms with van der Waals surface area (Å²) >= 11 is 0. The third-order valence-electron chi connectivity index (χ3n) is 2.76. The molecule has 1 fully saturated rings. The van der Waals surface area contributed by atoms with E-state index in [-0.39, 0.29) is 0 Å². The number of nitrogens with one attached hydrogen (secondary N) is 2. The molecule has 1 aromatic rings. The lowest BCUT2D eigenvalue weighted by molar-refractivity contribution is 0.392. The topological polar surface area (TPSA) is 62.5 Å². The van der Waals surface area contributed by atoms with E-state index in [0.717, 1.165) is 23.0 Å². The molecule has 0 aliphatic heterocycles. The predicted molar refractivity (Wildman–Crippen MR) is 62.3 cm³/mol. The molecule has 5 heteroatoms. The predicted octanol–water partition coefficient (Wildman–Crippen LogP) is 1.12. The number of aliphatic imine (C=N–C) groups is 1. The highest BCUT2D eigenvalue weighted by Crippen LogP contribution is 2.18. The SMILES string of the molecule is CN=C(NCc1c(C)noc1C)NC1CC1. The van der Waals surface area contributed by atoms with Crippen LogP contribution in [0.2, 0.25) is 0 Å². The summed E-state index contributed by atoms with van der Waals surface area (Å²) in [5.74, 6) is 1.72. The molecule has 2 N–H and O–H groups in total. The van der Waals surface area contributed by atoms with Crippen molar-refractivity contribution in [3.63, 3.8) is 0 Å². The van der Waals surface area contributed by atoms with Gasteiger partial charge in [-0.15, -0.1) is 0 Å². The molecule has 0 spiro atoms. The maximum atomic E-state index is 5.10. The minimum absolute atomic E-state index is 0.607. The summed E-state index contributed by atoms with van der Waals surface area (Å²) in [6.45, 7) is 4.58. The Morgan fingerprint density at radius 3 is 2.75 bits per heavy atom. The summed E-state index contributed by atoms with van der Waals surface area (Å²) in [5.41, 5.74) is 2.05. The van der Waals surface area contributed by atoms with Gasteiger partial charge >= 0.3 is 0 Å². The standard InChI is InChI=1S/C11H18N4O/c1-7-10(8(2)16-15-7)6-13-11(12-3)14-9-4-5-9/h9H,4-6H2,1-3H3,(H2,12,13,14). The van der Waals surface area contributed by atoms with Crippen LogP contribution >= 0.6 is 0 Å². The summed E-state index contributed by atoms with van der Waals surface area (Å²) in [6.07, 6.45) is 2.48. The molecule has 1 aliphatic rings. The molecule has 5 nitrogen and oxygen atoms in total. The lowest BCUT2D eigenvalue weighted by atomic mass is 10.2. The van der Waals surface area contributed by atoms with E-state index in [1.165, 1.54) is 12.8 Å². The van der Waals surface area contributed by atoms with Crippen molar-refractivity contribution < 1.29 is 4.52 Å². The molecule has 1 aliphatic carbocycles. The molecule has 16 heavy (non-hydrogen) atoms. The Morgan fingerprint density at radius 1 is 1.50 bits per heavy atom. The van der Waals surface area contributed by atoms with E-state index in [9.17, 15) is 0 Å². The molecule has 0 amide bonds. The van der Waals surface area contributed by atoms with Crippen LogP contribution in [0.15, 0.2) is 9.52 Å². The lowest BCUT2D eigenvalue weighted by Gasteiger charge is -2.10. The van der Waals surface area contributed by atoms with Crippen LogP contribution in [0.1, 0.15) is 29.9 Å². The first kappa shape index (κ1) is 11.0. The van der Waals surface area contributed by atoms with E-state index in [1.54, 1.807) is 7.05 Å². The molecule has 2 rings (SSSR count). The van der Waals surface area contributed by atoms with Gasteiger partial charge in [-0.25, -0.2) is 0 Å². The molecule has 1 saturated carbocycles. The van der Waals surface area contributed by atoms with E-state index >= 15 is 0 Å². The van der Waals surface area contributed by atoms with Gasteiger partial charge < -0.3 is 15.2 Å². The maximum Gasteiger partial charge on any atom is 0.191 e. The number of nitrogens with zero attached hydrogens (tertiary/aromatic N) is 2. The first-order valence-electron chi connectivity index (χ1n) is 5.59. The summed E-state index contributed by atoms with van der Waals surface area (Å²) in [6, 6.07) is 0.607. The third kappa shape index (κ3) is 2.53. The normalized spacial score (nSPS) is 16.3. The number of hydrogen-bond donors (Lipinski definition) is 2. The highest BCUT2D eigenvalue weighted by atomic mass is 16.5. The zero-order valence-electron chi connectivity index (χ0n) is 10.0. The molecule has 0 saturated heterocycles. The molecule has 0 aromatic carbocycles. The first-order chi connectivity index (χ1) is 7.70. The van der Waals surface area contributed by atoms with Crippen molar-refractivity contribution in [2.24, 2.45) is 4.99 Å². The van der Waals surface area contributed by atoms with Crippen molar-refractivity contribution in [2.75, 3.05) is 7.05 Å². The summed E-state index contributed by atoms with van der Waals surface area (Å²) in [4.78, 5) is 4.17. The van der Waals surface area contributed by atoms with Crippen molar-refractivity contribution in [1.29, 1.82) is 0 Å². The molecule has 1 aromatic heterocycles. The molecule has 1 heterocycles. The van der Waals surface area contributed by atoms with Crippen LogP contribution in [0.5, 0.6) is 0 Å². The monoisotopic (exact) mass is 222 g/mol. The van der Waals surface area contributed by atoms with Crippen LogP contribution in [-0.2, 0) is 6.54 Å². The Morgan fingerprint density at radius 2 is 2.25 bits per heavy atom. The van der Waals surface area contributed by atoms with E-state index in [0.29, 0.717) is 12.6 Å². The number of aryl methyl sites for hydroxylation is 2. The molecular formula is C11H18N4O. The summed E-state index contributed by atoms with van der Waals surface area (Å²) < 4.78 is 5.10. The Hall–Kier alpha value is -1.52. The van der Waals surface area contributed by atoms with Gasteiger partial charge in [0.2, 0.25) is 0 Å². The fraction of sp³-hybridized carbons (Fsp3) is 0.636. The minimum atomic E-state index is 0.607. The van der Waals surface area contributed by atoms with Crippen molar-refractivity contribution in [3.05, 3.63) is 17.0 Å². The number of aromatic nitrogens is 1. The van der Waals surface area contributed by atoms with Gasteiger partial charge in [-0.2, -0.15) is 0 Å². The van der Waals surface area contributed by atoms with Gasteiger partial charge in [0.05, 0.1) is 5.69 Å². The van der Waals surface area contributed by atoms with Crippen LogP contribution in [0.25, 0.3) is 0 Å². The van der Waals surface area contributed by atoms with Crippen LogP contribution in [0.3, 0.4) is 0 Å². The van der Waals surface area contributed by atoms with Crippen molar-refractivity contribution in [3.8, 4) is 0 Å². The smallest absolute Gasteiger partial charge is 0.191 e. The van der Waals surface area contributed by atoms with Gasteiger partial charge in [0.15, 0.2) is 5.96 Å². The van der Waals surface area contributed by atoms with Crippen LogP contribution < -0.4 is 10.6 Å². The van der Waals surface area contributed by atoms with Crippen molar-refractivity contribution in [2.45, 2.75) is 39.3 Å². The molecule has 0 radical (unpaired) electrons. The fourth-order valence-electron chi connectivity index (χ4n) is 1.54. The fourth-order valence-corrected chi connectivity index (χ4v) is 1.54. The zero-order valence-corrected chi connectivity index (χ0v) is 10.0. The van der Waals surface area contributed by atoms with E-state index in [2.05, 4.69) is 20.8 Å². The van der Waals surface area contributed by atoms with Gasteiger partial charge in [0.25, 0.3) is 0 Å². The van der Waals surface area contributed by atoms with Crippen LogP contribution in [-0.4, -0.2) is 24.2 Å². The Kier molecular flexibility index (Phi) is 3.12. The Labute approximate surface area is 95.3 Å². The third-order valence-corrected chi connectivity index (χ3v) is 2.76. The second-order valence-electron chi connectivity index (χ2n) is 4.15. The lowest BCUT2D eigenvalue weighted by Crippen LogP contribution is -2.38. The Bertz CT molecular complexity index is 373. The highest BCUT2D eigenvalue weighted by Gasteiger charge is 2.22. The summed E-state index contributed by atoms with van der Waals surface area (Å²) in [7, 11) is 1.78. The van der Waals surface area contributed by atoms with Gasteiger partial charge in [-0.1, -0.05) is 5.16 Å². The van der Waals surface area contributed by atoms with Gasteiger partial charge in [-0.05, 0) is 26.7 Å². The highest BCUT2D eigenvalue weighted by molar-refractivity contribution is 5.80. The van der Waals surface area contributed by atoms with Gasteiger partial charge in [-0.3, -0.25) is 4.99 Å². The number of rotatable bonds is 3. The average molecular weight is 222 g/mol. The molecular weight excluding hydrogens is 204 g/mol. The molecule has 0 bridgehead atoms. The van der Waals surface area contributed by atoms with Crippen LogP contribution in [0.4, 0.5) is 0 Å². The molecule has 0 unspecified atom stereocenters. The zero-order chi connectivity index (χ0) is 11.5.